The SMILES string of the molecule is Cc1ccc(C(=O)N[C@H]2CC[C@H](N3CCCC3)CC2)cc1Cl. The van der Waals surface area contributed by atoms with E-state index in [0.29, 0.717) is 16.6 Å². The predicted molar refractivity (Wildman–Crippen MR) is 90.5 cm³/mol. The van der Waals surface area contributed by atoms with Gasteiger partial charge in [0.1, 0.15) is 0 Å². The molecule has 22 heavy (non-hydrogen) atoms. The van der Waals surface area contributed by atoms with Crippen LogP contribution in [-0.4, -0.2) is 36.0 Å². The second-order valence-corrected chi connectivity index (χ2v) is 7.09. The summed E-state index contributed by atoms with van der Waals surface area (Å²) >= 11 is 6.11. The maximum absolute atomic E-state index is 12.3. The van der Waals surface area contributed by atoms with Crippen molar-refractivity contribution in [2.75, 3.05) is 13.1 Å². The standard InChI is InChI=1S/C18H25ClN2O/c1-13-4-5-14(12-17(13)19)18(22)20-15-6-8-16(9-7-15)21-10-2-3-11-21/h4-5,12,15-16H,2-3,6-11H2,1H3,(H,20,22)/t15-,16-. The van der Waals surface area contributed by atoms with Crippen LogP contribution >= 0.6 is 11.6 Å². The number of rotatable bonds is 3. The van der Waals surface area contributed by atoms with Crippen molar-refractivity contribution in [1.82, 2.24) is 10.2 Å². The molecule has 0 unspecified atom stereocenters. The van der Waals surface area contributed by atoms with Gasteiger partial charge in [-0.05, 0) is 76.2 Å². The summed E-state index contributed by atoms with van der Waals surface area (Å²) in [6.45, 7) is 4.48. The van der Waals surface area contributed by atoms with Crippen molar-refractivity contribution in [2.24, 2.45) is 0 Å². The zero-order chi connectivity index (χ0) is 15.5. The molecule has 4 heteroatoms. The van der Waals surface area contributed by atoms with Gasteiger partial charge in [0, 0.05) is 22.7 Å². The number of carbonyl (C=O) groups excluding carboxylic acids is 1. The third-order valence-electron chi connectivity index (χ3n) is 5.12. The van der Waals surface area contributed by atoms with Gasteiger partial charge >= 0.3 is 0 Å². The first kappa shape index (κ1) is 15.8. The number of hydrogen-bond acceptors (Lipinski definition) is 2. The van der Waals surface area contributed by atoms with Gasteiger partial charge in [0.25, 0.3) is 5.91 Å². The maximum atomic E-state index is 12.3. The Morgan fingerprint density at radius 1 is 1.18 bits per heavy atom. The lowest BCUT2D eigenvalue weighted by Gasteiger charge is -2.34. The van der Waals surface area contributed by atoms with Crippen molar-refractivity contribution >= 4 is 17.5 Å². The first-order valence-corrected chi connectivity index (χ1v) is 8.82. The highest BCUT2D eigenvalue weighted by atomic mass is 35.5. The number of aryl methyl sites for hydroxylation is 1. The summed E-state index contributed by atoms with van der Waals surface area (Å²) in [7, 11) is 0. The molecule has 1 saturated heterocycles. The molecule has 0 aromatic heterocycles. The molecule has 0 radical (unpaired) electrons. The Bertz CT molecular complexity index is 532. The van der Waals surface area contributed by atoms with Gasteiger partial charge in [0.2, 0.25) is 0 Å². The van der Waals surface area contributed by atoms with Crippen molar-refractivity contribution < 1.29 is 4.79 Å². The molecule has 1 aromatic carbocycles. The minimum absolute atomic E-state index is 0.00604. The highest BCUT2D eigenvalue weighted by Crippen LogP contribution is 2.26. The van der Waals surface area contributed by atoms with Gasteiger partial charge in [-0.15, -0.1) is 0 Å². The van der Waals surface area contributed by atoms with Gasteiger partial charge < -0.3 is 10.2 Å². The summed E-state index contributed by atoms with van der Waals surface area (Å²) in [6, 6.07) is 6.58. The number of halogens is 1. The van der Waals surface area contributed by atoms with E-state index in [1.807, 2.05) is 19.1 Å². The lowest BCUT2D eigenvalue weighted by molar-refractivity contribution is 0.0911. The monoisotopic (exact) mass is 320 g/mol. The van der Waals surface area contributed by atoms with Crippen molar-refractivity contribution in [3.63, 3.8) is 0 Å². The molecular formula is C18H25ClN2O. The Morgan fingerprint density at radius 2 is 1.86 bits per heavy atom. The summed E-state index contributed by atoms with van der Waals surface area (Å²) in [5, 5.41) is 3.83. The number of hydrogen-bond donors (Lipinski definition) is 1. The van der Waals surface area contributed by atoms with Crippen LogP contribution in [0.5, 0.6) is 0 Å². The van der Waals surface area contributed by atoms with Crippen molar-refractivity contribution in [3.8, 4) is 0 Å². The van der Waals surface area contributed by atoms with Crippen LogP contribution in [0.25, 0.3) is 0 Å². The highest BCUT2D eigenvalue weighted by molar-refractivity contribution is 6.31. The van der Waals surface area contributed by atoms with Crippen LogP contribution in [0.2, 0.25) is 5.02 Å². The predicted octanol–water partition coefficient (Wildman–Crippen LogP) is 3.79. The third-order valence-corrected chi connectivity index (χ3v) is 5.53. The molecule has 1 aromatic rings. The Hall–Kier alpha value is -1.06. The average Bonchev–Trinajstić information content (AvgIpc) is 3.05. The normalized spacial score (nSPS) is 26.1. The lowest BCUT2D eigenvalue weighted by Crippen LogP contribution is -2.43. The quantitative estimate of drug-likeness (QED) is 0.919. The molecule has 2 aliphatic rings. The third kappa shape index (κ3) is 3.64. The molecule has 0 atom stereocenters. The molecule has 0 bridgehead atoms. The minimum Gasteiger partial charge on any atom is -0.349 e. The average molecular weight is 321 g/mol. The van der Waals surface area contributed by atoms with Gasteiger partial charge in [0.15, 0.2) is 0 Å². The highest BCUT2D eigenvalue weighted by Gasteiger charge is 2.28. The largest absolute Gasteiger partial charge is 0.349 e. The van der Waals surface area contributed by atoms with Crippen molar-refractivity contribution in [1.29, 1.82) is 0 Å². The molecule has 120 valence electrons. The zero-order valence-electron chi connectivity index (χ0n) is 13.3. The molecule has 2 fully saturated rings. The second-order valence-electron chi connectivity index (χ2n) is 6.69. The van der Waals surface area contributed by atoms with Crippen LogP contribution in [-0.2, 0) is 0 Å². The summed E-state index contributed by atoms with van der Waals surface area (Å²) in [4.78, 5) is 15.0. The molecule has 1 aliphatic carbocycles. The molecule has 1 heterocycles. The van der Waals surface area contributed by atoms with Crippen molar-refractivity contribution in [3.05, 3.63) is 34.3 Å². The van der Waals surface area contributed by atoms with Crippen molar-refractivity contribution in [2.45, 2.75) is 57.5 Å². The number of carbonyl (C=O) groups is 1. The van der Waals surface area contributed by atoms with E-state index in [1.54, 1.807) is 6.07 Å². The Kier molecular flexibility index (Phi) is 5.04. The van der Waals surface area contributed by atoms with Crippen LogP contribution < -0.4 is 5.32 Å². The van der Waals surface area contributed by atoms with E-state index in [2.05, 4.69) is 10.2 Å². The molecule has 1 amide bonds. The van der Waals surface area contributed by atoms with Crippen LogP contribution in [0, 0.1) is 6.92 Å². The molecular weight excluding hydrogens is 296 g/mol. The van der Waals surface area contributed by atoms with Crippen LogP contribution in [0.1, 0.15) is 54.4 Å². The zero-order valence-corrected chi connectivity index (χ0v) is 14.0. The molecule has 3 rings (SSSR count). The Labute approximate surface area is 138 Å². The molecule has 1 N–H and O–H groups in total. The Balaban J connectivity index is 1.51. The summed E-state index contributed by atoms with van der Waals surface area (Å²) in [5.41, 5.74) is 1.67. The van der Waals surface area contributed by atoms with E-state index in [4.69, 9.17) is 11.6 Å². The molecule has 1 saturated carbocycles. The summed E-state index contributed by atoms with van der Waals surface area (Å²) in [5.74, 6) is 0.00604. The van der Waals surface area contributed by atoms with E-state index in [1.165, 1.54) is 38.8 Å². The maximum Gasteiger partial charge on any atom is 0.251 e. The number of benzene rings is 1. The van der Waals surface area contributed by atoms with Gasteiger partial charge in [-0.1, -0.05) is 17.7 Å². The number of nitrogens with zero attached hydrogens (tertiary/aromatic N) is 1. The van der Waals surface area contributed by atoms with Gasteiger partial charge in [0.05, 0.1) is 0 Å². The second kappa shape index (κ2) is 7.01. The van der Waals surface area contributed by atoms with E-state index < -0.39 is 0 Å². The van der Waals surface area contributed by atoms with Gasteiger partial charge in [-0.25, -0.2) is 0 Å². The molecule has 0 spiro atoms. The van der Waals surface area contributed by atoms with Crippen LogP contribution in [0.4, 0.5) is 0 Å². The fourth-order valence-electron chi connectivity index (χ4n) is 3.69. The lowest BCUT2D eigenvalue weighted by atomic mass is 9.90. The van der Waals surface area contributed by atoms with Crippen LogP contribution in [0.3, 0.4) is 0 Å². The number of likely N-dealkylation sites (tertiary alicyclic amines) is 1. The fourth-order valence-corrected chi connectivity index (χ4v) is 3.88. The van der Waals surface area contributed by atoms with Crippen LogP contribution in [0.15, 0.2) is 18.2 Å². The molecule has 3 nitrogen and oxygen atoms in total. The van der Waals surface area contributed by atoms with Gasteiger partial charge in [-0.2, -0.15) is 0 Å². The van der Waals surface area contributed by atoms with E-state index in [0.717, 1.165) is 24.4 Å². The van der Waals surface area contributed by atoms with Gasteiger partial charge in [-0.3, -0.25) is 4.79 Å². The number of amides is 1. The Morgan fingerprint density at radius 3 is 2.50 bits per heavy atom. The van der Waals surface area contributed by atoms with E-state index >= 15 is 0 Å². The summed E-state index contributed by atoms with van der Waals surface area (Å²) in [6.07, 6.45) is 7.30. The first-order chi connectivity index (χ1) is 10.6. The topological polar surface area (TPSA) is 32.3 Å². The first-order valence-electron chi connectivity index (χ1n) is 8.44. The number of nitrogens with one attached hydrogen (secondary N) is 1. The summed E-state index contributed by atoms with van der Waals surface area (Å²) < 4.78 is 0. The molecule has 1 aliphatic heterocycles. The fraction of sp³-hybridized carbons (Fsp3) is 0.611. The minimum atomic E-state index is 0.00604. The van der Waals surface area contributed by atoms with E-state index in [-0.39, 0.29) is 5.91 Å². The van der Waals surface area contributed by atoms with E-state index in [9.17, 15) is 4.79 Å². The smallest absolute Gasteiger partial charge is 0.251 e.